The van der Waals surface area contributed by atoms with Gasteiger partial charge in [-0.1, -0.05) is 39.0 Å². The highest BCUT2D eigenvalue weighted by atomic mass is 32.1. The molecule has 1 heterocycles. The molecule has 136 valence electrons. The largest absolute Gasteiger partial charge is 0.394 e. The molecule has 7 nitrogen and oxygen atoms in total. The number of unbranched alkanes of at least 4 members (excludes halogenated alkanes) is 5. The molecule has 1 aliphatic rings. The number of thiocarbonyl (C=S) groups is 1. The topological polar surface area (TPSA) is 114 Å². The summed E-state index contributed by atoms with van der Waals surface area (Å²) in [4.78, 5) is 0. The Morgan fingerprint density at radius 3 is 2.30 bits per heavy atom. The van der Waals surface area contributed by atoms with Crippen molar-refractivity contribution in [3.8, 4) is 0 Å². The Kier molecular flexibility index (Phi) is 9.92. The van der Waals surface area contributed by atoms with Gasteiger partial charge in [0.05, 0.1) is 6.61 Å². The standard InChI is InChI=1S/C15H30N2O5S/c1-2-3-4-5-6-7-8-16-15(23)17-14-13(21)12(20)11(19)10(9-18)22-14/h10-14,18-21H,2-9H2,1H3,(H2,16,17,23)/t10-,11-,12+,13-,14-/m1/s1. The number of rotatable bonds is 9. The zero-order valence-corrected chi connectivity index (χ0v) is 14.5. The van der Waals surface area contributed by atoms with Crippen LogP contribution in [0.2, 0.25) is 0 Å². The number of aliphatic hydroxyl groups is 4. The molecule has 1 saturated heterocycles. The third kappa shape index (κ3) is 6.86. The first-order valence-corrected chi connectivity index (χ1v) is 8.77. The van der Waals surface area contributed by atoms with E-state index in [0.717, 1.165) is 19.4 Å². The lowest BCUT2D eigenvalue weighted by Gasteiger charge is -2.40. The van der Waals surface area contributed by atoms with E-state index in [-0.39, 0.29) is 0 Å². The van der Waals surface area contributed by atoms with Crippen molar-refractivity contribution >= 4 is 17.3 Å². The van der Waals surface area contributed by atoms with Crippen LogP contribution in [0.1, 0.15) is 45.4 Å². The highest BCUT2D eigenvalue weighted by Crippen LogP contribution is 2.19. The molecule has 0 saturated carbocycles. The maximum Gasteiger partial charge on any atom is 0.168 e. The van der Waals surface area contributed by atoms with Crippen molar-refractivity contribution in [1.82, 2.24) is 10.6 Å². The first-order valence-electron chi connectivity index (χ1n) is 8.36. The smallest absolute Gasteiger partial charge is 0.168 e. The second kappa shape index (κ2) is 11.1. The average Bonchev–Trinajstić information content (AvgIpc) is 2.54. The fourth-order valence-corrected chi connectivity index (χ4v) is 2.73. The summed E-state index contributed by atoms with van der Waals surface area (Å²) >= 11 is 5.13. The average molecular weight is 350 g/mol. The molecule has 0 spiro atoms. The molecule has 0 bridgehead atoms. The molecule has 6 N–H and O–H groups in total. The highest BCUT2D eigenvalue weighted by molar-refractivity contribution is 7.80. The van der Waals surface area contributed by atoms with Crippen LogP contribution >= 0.6 is 12.2 Å². The maximum absolute atomic E-state index is 9.90. The summed E-state index contributed by atoms with van der Waals surface area (Å²) < 4.78 is 5.32. The summed E-state index contributed by atoms with van der Waals surface area (Å²) in [6.07, 6.45) is 1.08. The van der Waals surface area contributed by atoms with Gasteiger partial charge in [-0.05, 0) is 18.6 Å². The van der Waals surface area contributed by atoms with Crippen LogP contribution in [0.5, 0.6) is 0 Å². The lowest BCUT2D eigenvalue weighted by Crippen LogP contribution is -2.64. The first-order chi connectivity index (χ1) is 11.0. The number of aliphatic hydroxyl groups excluding tert-OH is 4. The third-order valence-corrected chi connectivity index (χ3v) is 4.24. The first kappa shape index (κ1) is 20.5. The maximum atomic E-state index is 9.90. The highest BCUT2D eigenvalue weighted by Gasteiger charge is 2.43. The zero-order valence-electron chi connectivity index (χ0n) is 13.6. The van der Waals surface area contributed by atoms with E-state index in [1.165, 1.54) is 25.7 Å². The quantitative estimate of drug-likeness (QED) is 0.246. The third-order valence-electron chi connectivity index (χ3n) is 3.98. The lowest BCUT2D eigenvalue weighted by atomic mass is 9.98. The second-order valence-electron chi connectivity index (χ2n) is 5.92. The Hall–Kier alpha value is -0.510. The SMILES string of the molecule is CCCCCCCCNC(=S)N[C@@H]1O[C@H](CO)[C@@H](O)[C@H](O)[C@H]1O. The van der Waals surface area contributed by atoms with Crippen LogP contribution < -0.4 is 10.6 Å². The monoisotopic (exact) mass is 350 g/mol. The molecular weight excluding hydrogens is 320 g/mol. The predicted molar refractivity (Wildman–Crippen MR) is 90.9 cm³/mol. The van der Waals surface area contributed by atoms with Crippen molar-refractivity contribution in [2.24, 2.45) is 0 Å². The minimum absolute atomic E-state index is 0.308. The summed E-state index contributed by atoms with van der Waals surface area (Å²) in [5, 5.41) is 44.5. The molecule has 0 aromatic heterocycles. The second-order valence-corrected chi connectivity index (χ2v) is 6.33. The summed E-state index contributed by atoms with van der Waals surface area (Å²) in [6, 6.07) is 0. The van der Waals surface area contributed by atoms with Gasteiger partial charge in [0, 0.05) is 6.54 Å². The molecule has 1 fully saturated rings. The number of hydrogen-bond donors (Lipinski definition) is 6. The van der Waals surface area contributed by atoms with E-state index in [2.05, 4.69) is 17.6 Å². The molecule has 0 aromatic carbocycles. The molecule has 5 atom stereocenters. The van der Waals surface area contributed by atoms with E-state index in [1.54, 1.807) is 0 Å². The van der Waals surface area contributed by atoms with Crippen molar-refractivity contribution in [3.63, 3.8) is 0 Å². The van der Waals surface area contributed by atoms with Gasteiger partial charge in [0.25, 0.3) is 0 Å². The molecule has 8 heteroatoms. The van der Waals surface area contributed by atoms with Gasteiger partial charge in [0.2, 0.25) is 0 Å². The minimum atomic E-state index is -1.40. The molecule has 23 heavy (non-hydrogen) atoms. The van der Waals surface area contributed by atoms with Crippen LogP contribution in [0, 0.1) is 0 Å². The van der Waals surface area contributed by atoms with E-state index < -0.39 is 37.3 Å². The number of ether oxygens (including phenoxy) is 1. The van der Waals surface area contributed by atoms with Gasteiger partial charge in [-0.25, -0.2) is 0 Å². The molecule has 0 aromatic rings. The summed E-state index contributed by atoms with van der Waals surface area (Å²) in [5.74, 6) is 0. The van der Waals surface area contributed by atoms with Gasteiger partial charge in [-0.3, -0.25) is 0 Å². The summed E-state index contributed by atoms with van der Waals surface area (Å²) in [6.45, 7) is 2.45. The fraction of sp³-hybridized carbons (Fsp3) is 0.933. The Morgan fingerprint density at radius 2 is 1.65 bits per heavy atom. The molecule has 0 aliphatic carbocycles. The Labute approximate surface area is 143 Å². The van der Waals surface area contributed by atoms with Crippen molar-refractivity contribution in [3.05, 3.63) is 0 Å². The molecule has 0 amide bonds. The van der Waals surface area contributed by atoms with Crippen LogP contribution in [-0.4, -0.2) is 69.3 Å². The zero-order chi connectivity index (χ0) is 17.2. The van der Waals surface area contributed by atoms with Crippen molar-refractivity contribution < 1.29 is 25.2 Å². The van der Waals surface area contributed by atoms with Gasteiger partial charge < -0.3 is 35.8 Å². The summed E-state index contributed by atoms with van der Waals surface area (Å²) in [7, 11) is 0. The van der Waals surface area contributed by atoms with E-state index in [4.69, 9.17) is 22.1 Å². The van der Waals surface area contributed by atoms with Crippen molar-refractivity contribution in [2.45, 2.75) is 76.1 Å². The Bertz CT molecular complexity index is 346. The van der Waals surface area contributed by atoms with Crippen LogP contribution in [-0.2, 0) is 4.74 Å². The lowest BCUT2D eigenvalue weighted by molar-refractivity contribution is -0.232. The van der Waals surface area contributed by atoms with Crippen LogP contribution in [0.25, 0.3) is 0 Å². The van der Waals surface area contributed by atoms with Crippen molar-refractivity contribution in [1.29, 1.82) is 0 Å². The number of hydrogen-bond acceptors (Lipinski definition) is 6. The van der Waals surface area contributed by atoms with E-state index in [1.807, 2.05) is 0 Å². The van der Waals surface area contributed by atoms with Gasteiger partial charge >= 0.3 is 0 Å². The predicted octanol–water partition coefficient (Wildman–Crippen LogP) is -0.389. The van der Waals surface area contributed by atoms with Gasteiger partial charge in [0.15, 0.2) is 11.3 Å². The summed E-state index contributed by atoms with van der Waals surface area (Å²) in [5.41, 5.74) is 0. The van der Waals surface area contributed by atoms with E-state index in [9.17, 15) is 15.3 Å². The van der Waals surface area contributed by atoms with E-state index >= 15 is 0 Å². The Balaban J connectivity index is 2.25. The van der Waals surface area contributed by atoms with Crippen LogP contribution in [0.3, 0.4) is 0 Å². The minimum Gasteiger partial charge on any atom is -0.394 e. The normalized spacial score (nSPS) is 30.9. The molecule has 1 rings (SSSR count). The fourth-order valence-electron chi connectivity index (χ4n) is 2.51. The number of nitrogens with one attached hydrogen (secondary N) is 2. The molecule has 1 aliphatic heterocycles. The molecule has 0 radical (unpaired) electrons. The molecular formula is C15H30N2O5S. The van der Waals surface area contributed by atoms with Crippen LogP contribution in [0.15, 0.2) is 0 Å². The van der Waals surface area contributed by atoms with Crippen molar-refractivity contribution in [2.75, 3.05) is 13.2 Å². The van der Waals surface area contributed by atoms with E-state index in [0.29, 0.717) is 5.11 Å². The van der Waals surface area contributed by atoms with Crippen LogP contribution in [0.4, 0.5) is 0 Å². The Morgan fingerprint density at radius 1 is 1.00 bits per heavy atom. The van der Waals surface area contributed by atoms with Gasteiger partial charge in [0.1, 0.15) is 24.4 Å². The van der Waals surface area contributed by atoms with Gasteiger partial charge in [-0.15, -0.1) is 0 Å². The van der Waals surface area contributed by atoms with Gasteiger partial charge in [-0.2, -0.15) is 0 Å². The molecule has 0 unspecified atom stereocenters.